The van der Waals surface area contributed by atoms with E-state index in [0.29, 0.717) is 28.8 Å². The Balaban J connectivity index is 2.10. The summed E-state index contributed by atoms with van der Waals surface area (Å²) in [4.78, 5) is 29.9. The Labute approximate surface area is 150 Å². The highest BCUT2D eigenvalue weighted by Gasteiger charge is 2.17. The Bertz CT molecular complexity index is 1060. The van der Waals surface area contributed by atoms with Gasteiger partial charge in [-0.05, 0) is 50.1 Å². The molecular weight excluding hydrogens is 333 g/mol. The minimum atomic E-state index is -0.559. The van der Waals surface area contributed by atoms with E-state index in [-0.39, 0.29) is 11.0 Å². The Morgan fingerprint density at radius 1 is 1.23 bits per heavy atom. The number of halogens is 1. The van der Waals surface area contributed by atoms with Crippen molar-refractivity contribution in [2.24, 2.45) is 0 Å². The number of rotatable bonds is 4. The second-order valence-corrected chi connectivity index (χ2v) is 6.30. The summed E-state index contributed by atoms with van der Waals surface area (Å²) in [7, 11) is 0. The third kappa shape index (κ3) is 3.35. The molecule has 0 spiro atoms. The Morgan fingerprint density at radius 3 is 2.73 bits per heavy atom. The van der Waals surface area contributed by atoms with Crippen LogP contribution in [-0.4, -0.2) is 15.5 Å². The van der Waals surface area contributed by atoms with E-state index in [2.05, 4.69) is 10.3 Å². The zero-order valence-corrected chi connectivity index (χ0v) is 15.0. The van der Waals surface area contributed by atoms with Gasteiger partial charge in [0.15, 0.2) is 0 Å². The number of anilines is 1. The molecule has 134 valence electrons. The fraction of sp³-hybridized carbons (Fsp3) is 0.250. The molecule has 0 fully saturated rings. The summed E-state index contributed by atoms with van der Waals surface area (Å²) < 4.78 is 15.3. The standard InChI is InChI=1S/C20H20FN3O2/c1-4-9-24-11-16(18(25)15-8-6-13(3)22-19(15)24)20(26)23-17-10-14(21)7-5-12(17)2/h5-8,10-11H,4,9H2,1-3H3,(H,23,26). The van der Waals surface area contributed by atoms with E-state index >= 15 is 0 Å². The predicted octanol–water partition coefficient (Wildman–Crippen LogP) is 3.81. The van der Waals surface area contributed by atoms with Crippen LogP contribution in [0.25, 0.3) is 11.0 Å². The molecule has 2 heterocycles. The second kappa shape index (κ2) is 7.07. The van der Waals surface area contributed by atoms with Crippen LogP contribution in [0, 0.1) is 19.7 Å². The summed E-state index contributed by atoms with van der Waals surface area (Å²) >= 11 is 0. The van der Waals surface area contributed by atoms with Crippen LogP contribution in [0.5, 0.6) is 0 Å². The number of pyridine rings is 2. The molecule has 1 N–H and O–H groups in total. The van der Waals surface area contributed by atoms with Crippen LogP contribution in [0.3, 0.4) is 0 Å². The first kappa shape index (κ1) is 17.8. The van der Waals surface area contributed by atoms with Crippen molar-refractivity contribution in [3.8, 4) is 0 Å². The highest BCUT2D eigenvalue weighted by Crippen LogP contribution is 2.18. The van der Waals surface area contributed by atoms with E-state index in [1.807, 2.05) is 18.4 Å². The monoisotopic (exact) mass is 353 g/mol. The van der Waals surface area contributed by atoms with Crippen LogP contribution in [0.15, 0.2) is 41.3 Å². The summed E-state index contributed by atoms with van der Waals surface area (Å²) in [6.07, 6.45) is 2.36. The van der Waals surface area contributed by atoms with E-state index in [9.17, 15) is 14.0 Å². The second-order valence-electron chi connectivity index (χ2n) is 6.30. The molecule has 0 aliphatic carbocycles. The molecule has 3 rings (SSSR count). The molecule has 26 heavy (non-hydrogen) atoms. The molecule has 5 nitrogen and oxygen atoms in total. The maximum Gasteiger partial charge on any atom is 0.261 e. The van der Waals surface area contributed by atoms with Crippen LogP contribution in [0.4, 0.5) is 10.1 Å². The van der Waals surface area contributed by atoms with Gasteiger partial charge in [-0.2, -0.15) is 0 Å². The number of amides is 1. The molecule has 0 saturated carbocycles. The van der Waals surface area contributed by atoms with Crippen molar-refractivity contribution >= 4 is 22.6 Å². The van der Waals surface area contributed by atoms with Gasteiger partial charge >= 0.3 is 0 Å². The van der Waals surface area contributed by atoms with Gasteiger partial charge in [0.2, 0.25) is 5.43 Å². The average Bonchev–Trinajstić information content (AvgIpc) is 2.60. The van der Waals surface area contributed by atoms with Crippen LogP contribution in [0.1, 0.15) is 35.0 Å². The van der Waals surface area contributed by atoms with E-state index in [0.717, 1.165) is 12.1 Å². The largest absolute Gasteiger partial charge is 0.331 e. The lowest BCUT2D eigenvalue weighted by atomic mass is 10.1. The molecule has 0 aliphatic rings. The first-order valence-corrected chi connectivity index (χ1v) is 8.49. The summed E-state index contributed by atoms with van der Waals surface area (Å²) in [5.74, 6) is -1.01. The fourth-order valence-electron chi connectivity index (χ4n) is 2.85. The van der Waals surface area contributed by atoms with Crippen molar-refractivity contribution < 1.29 is 9.18 Å². The Hall–Kier alpha value is -3.02. The molecule has 0 atom stereocenters. The molecule has 0 aliphatic heterocycles. The van der Waals surface area contributed by atoms with Gasteiger partial charge in [0.05, 0.1) is 5.39 Å². The first-order valence-electron chi connectivity index (χ1n) is 8.49. The van der Waals surface area contributed by atoms with Crippen molar-refractivity contribution in [2.45, 2.75) is 33.7 Å². The lowest BCUT2D eigenvalue weighted by Crippen LogP contribution is -2.24. The highest BCUT2D eigenvalue weighted by atomic mass is 19.1. The summed E-state index contributed by atoms with van der Waals surface area (Å²) in [5, 5.41) is 3.04. The molecule has 0 bridgehead atoms. The van der Waals surface area contributed by atoms with Gasteiger partial charge in [-0.25, -0.2) is 9.37 Å². The van der Waals surface area contributed by atoms with E-state index < -0.39 is 11.7 Å². The fourth-order valence-corrected chi connectivity index (χ4v) is 2.85. The van der Waals surface area contributed by atoms with Gasteiger partial charge in [-0.1, -0.05) is 13.0 Å². The normalized spacial score (nSPS) is 10.9. The minimum Gasteiger partial charge on any atom is -0.331 e. The molecular formula is C20H20FN3O2. The lowest BCUT2D eigenvalue weighted by Gasteiger charge is -2.13. The maximum atomic E-state index is 13.5. The SMILES string of the molecule is CCCn1cc(C(=O)Nc2cc(F)ccc2C)c(=O)c2ccc(C)nc21. The van der Waals surface area contributed by atoms with Gasteiger partial charge < -0.3 is 9.88 Å². The Morgan fingerprint density at radius 2 is 2.00 bits per heavy atom. The molecule has 0 saturated heterocycles. The molecule has 2 aromatic heterocycles. The molecule has 3 aromatic rings. The number of nitrogens with one attached hydrogen (secondary N) is 1. The number of aromatic nitrogens is 2. The van der Waals surface area contributed by atoms with Crippen LogP contribution >= 0.6 is 0 Å². The number of hydrogen-bond donors (Lipinski definition) is 1. The quantitative estimate of drug-likeness (QED) is 0.776. The summed E-state index contributed by atoms with van der Waals surface area (Å²) in [6.45, 7) is 6.26. The van der Waals surface area contributed by atoms with Gasteiger partial charge in [-0.15, -0.1) is 0 Å². The lowest BCUT2D eigenvalue weighted by molar-refractivity contribution is 0.102. The maximum absolute atomic E-state index is 13.5. The summed E-state index contributed by atoms with van der Waals surface area (Å²) in [5.41, 5.74) is 2.06. The van der Waals surface area contributed by atoms with E-state index in [4.69, 9.17) is 0 Å². The van der Waals surface area contributed by atoms with Gasteiger partial charge in [0.25, 0.3) is 5.91 Å². The van der Waals surface area contributed by atoms with Crippen molar-refractivity contribution in [3.05, 3.63) is 69.4 Å². The van der Waals surface area contributed by atoms with Crippen molar-refractivity contribution in [3.63, 3.8) is 0 Å². The van der Waals surface area contributed by atoms with E-state index in [1.165, 1.54) is 18.3 Å². The molecule has 1 amide bonds. The number of nitrogens with zero attached hydrogens (tertiary/aromatic N) is 2. The van der Waals surface area contributed by atoms with Gasteiger partial charge in [0, 0.05) is 24.1 Å². The third-order valence-electron chi connectivity index (χ3n) is 4.22. The summed E-state index contributed by atoms with van der Waals surface area (Å²) in [6, 6.07) is 7.58. The highest BCUT2D eigenvalue weighted by molar-refractivity contribution is 6.05. The molecule has 1 aromatic carbocycles. The Kier molecular flexibility index (Phi) is 4.84. The van der Waals surface area contributed by atoms with Gasteiger partial charge in [-0.3, -0.25) is 9.59 Å². The van der Waals surface area contributed by atoms with Crippen LogP contribution in [-0.2, 0) is 6.54 Å². The number of carbonyl (C=O) groups excluding carboxylic acids is 1. The number of fused-ring (bicyclic) bond motifs is 1. The zero-order valence-electron chi connectivity index (χ0n) is 15.0. The number of hydrogen-bond acceptors (Lipinski definition) is 3. The smallest absolute Gasteiger partial charge is 0.261 e. The number of aryl methyl sites for hydroxylation is 3. The average molecular weight is 353 g/mol. The van der Waals surface area contributed by atoms with Crippen LogP contribution < -0.4 is 10.7 Å². The van der Waals surface area contributed by atoms with E-state index in [1.54, 1.807) is 25.1 Å². The number of carbonyl (C=O) groups is 1. The molecule has 0 unspecified atom stereocenters. The van der Waals surface area contributed by atoms with Crippen molar-refractivity contribution in [2.75, 3.05) is 5.32 Å². The van der Waals surface area contributed by atoms with Gasteiger partial charge in [0.1, 0.15) is 17.0 Å². The topological polar surface area (TPSA) is 64.0 Å². The van der Waals surface area contributed by atoms with Crippen LogP contribution in [0.2, 0.25) is 0 Å². The van der Waals surface area contributed by atoms with Crippen molar-refractivity contribution in [1.82, 2.24) is 9.55 Å². The zero-order chi connectivity index (χ0) is 18.8. The molecule has 0 radical (unpaired) electrons. The number of benzene rings is 1. The minimum absolute atomic E-state index is 0.0141. The predicted molar refractivity (Wildman–Crippen MR) is 100 cm³/mol. The third-order valence-corrected chi connectivity index (χ3v) is 4.22. The first-order chi connectivity index (χ1) is 12.4. The molecule has 6 heteroatoms. The van der Waals surface area contributed by atoms with Crippen molar-refractivity contribution in [1.29, 1.82) is 0 Å².